The van der Waals surface area contributed by atoms with Crippen LogP contribution in [0.4, 0.5) is 0 Å². The van der Waals surface area contributed by atoms with Gasteiger partial charge in [0.2, 0.25) is 0 Å². The summed E-state index contributed by atoms with van der Waals surface area (Å²) in [7, 11) is 0. The van der Waals surface area contributed by atoms with Gasteiger partial charge in [0.25, 0.3) is 0 Å². The van der Waals surface area contributed by atoms with Crippen LogP contribution >= 0.6 is 0 Å². The third-order valence-corrected chi connectivity index (χ3v) is 3.20. The number of aryl methyl sites for hydroxylation is 3. The molecule has 6 nitrogen and oxygen atoms in total. The van der Waals surface area contributed by atoms with Crippen molar-refractivity contribution in [1.82, 2.24) is 29.5 Å². The van der Waals surface area contributed by atoms with Crippen molar-refractivity contribution in [1.29, 1.82) is 0 Å². The first-order chi connectivity index (χ1) is 8.97. The molecule has 0 N–H and O–H groups in total. The maximum absolute atomic E-state index is 4.54. The van der Waals surface area contributed by atoms with Gasteiger partial charge in [0.05, 0.1) is 6.04 Å². The standard InChI is InChI=1S/C13H22N6/c1-9(2)19-12(5)15-13(17-19)7-6-10(3)18-8-14-11(4)16-18/h8-10H,6-7H2,1-5H3. The monoisotopic (exact) mass is 262 g/mol. The molecule has 0 spiro atoms. The number of rotatable bonds is 5. The maximum Gasteiger partial charge on any atom is 0.151 e. The number of nitrogens with zero attached hydrogens (tertiary/aromatic N) is 6. The van der Waals surface area contributed by atoms with Gasteiger partial charge in [-0.2, -0.15) is 10.2 Å². The average molecular weight is 262 g/mol. The molecule has 2 rings (SSSR count). The molecule has 1 atom stereocenters. The molecule has 0 bridgehead atoms. The zero-order valence-electron chi connectivity index (χ0n) is 12.3. The smallest absolute Gasteiger partial charge is 0.151 e. The lowest BCUT2D eigenvalue weighted by molar-refractivity contribution is 0.449. The van der Waals surface area contributed by atoms with E-state index in [9.17, 15) is 0 Å². The Bertz CT molecular complexity index is 539. The van der Waals surface area contributed by atoms with Crippen LogP contribution in [0.15, 0.2) is 6.33 Å². The van der Waals surface area contributed by atoms with Crippen LogP contribution in [0, 0.1) is 13.8 Å². The Balaban J connectivity index is 1.97. The molecule has 2 aromatic heterocycles. The average Bonchev–Trinajstić information content (AvgIpc) is 2.92. The summed E-state index contributed by atoms with van der Waals surface area (Å²) in [6.07, 6.45) is 3.61. The molecular weight excluding hydrogens is 240 g/mol. The van der Waals surface area contributed by atoms with Crippen molar-refractivity contribution in [2.24, 2.45) is 0 Å². The summed E-state index contributed by atoms with van der Waals surface area (Å²) in [5, 5.41) is 8.87. The second-order valence-corrected chi connectivity index (χ2v) is 5.27. The number of hydrogen-bond acceptors (Lipinski definition) is 4. The molecule has 0 saturated heterocycles. The maximum atomic E-state index is 4.54. The molecule has 2 aromatic rings. The van der Waals surface area contributed by atoms with E-state index in [4.69, 9.17) is 0 Å². The van der Waals surface area contributed by atoms with Gasteiger partial charge in [-0.05, 0) is 41.0 Å². The molecule has 0 aliphatic carbocycles. The van der Waals surface area contributed by atoms with Crippen LogP contribution in [-0.4, -0.2) is 29.5 Å². The Hall–Kier alpha value is -1.72. The Morgan fingerprint density at radius 2 is 1.89 bits per heavy atom. The van der Waals surface area contributed by atoms with E-state index in [1.165, 1.54) is 0 Å². The first kappa shape index (κ1) is 13.7. The summed E-state index contributed by atoms with van der Waals surface area (Å²) >= 11 is 0. The normalized spacial score (nSPS) is 13.2. The van der Waals surface area contributed by atoms with Gasteiger partial charge in [0, 0.05) is 12.5 Å². The fraction of sp³-hybridized carbons (Fsp3) is 0.692. The summed E-state index contributed by atoms with van der Waals surface area (Å²) in [5.74, 6) is 2.70. The van der Waals surface area contributed by atoms with E-state index in [0.29, 0.717) is 12.1 Å². The fourth-order valence-electron chi connectivity index (χ4n) is 2.10. The van der Waals surface area contributed by atoms with E-state index in [2.05, 4.69) is 40.9 Å². The minimum absolute atomic E-state index is 0.313. The van der Waals surface area contributed by atoms with Crippen LogP contribution in [0.5, 0.6) is 0 Å². The summed E-state index contributed by atoms with van der Waals surface area (Å²) < 4.78 is 3.88. The van der Waals surface area contributed by atoms with Gasteiger partial charge in [-0.1, -0.05) is 0 Å². The molecule has 1 unspecified atom stereocenters. The van der Waals surface area contributed by atoms with Gasteiger partial charge in [0.15, 0.2) is 5.82 Å². The van der Waals surface area contributed by atoms with Gasteiger partial charge < -0.3 is 0 Å². The van der Waals surface area contributed by atoms with Crippen LogP contribution < -0.4 is 0 Å². The first-order valence-corrected chi connectivity index (χ1v) is 6.77. The van der Waals surface area contributed by atoms with Crippen molar-refractivity contribution in [3.63, 3.8) is 0 Å². The Labute approximate surface area is 113 Å². The van der Waals surface area contributed by atoms with Crippen molar-refractivity contribution >= 4 is 0 Å². The van der Waals surface area contributed by atoms with Crippen molar-refractivity contribution in [2.45, 2.75) is 59.5 Å². The summed E-state index contributed by atoms with van der Waals surface area (Å²) in [5.41, 5.74) is 0. The number of aromatic nitrogens is 6. The third-order valence-electron chi connectivity index (χ3n) is 3.20. The molecule has 0 aliphatic heterocycles. The largest absolute Gasteiger partial charge is 0.250 e. The Kier molecular flexibility index (Phi) is 3.97. The minimum Gasteiger partial charge on any atom is -0.250 e. The van der Waals surface area contributed by atoms with Crippen LogP contribution in [0.3, 0.4) is 0 Å². The number of hydrogen-bond donors (Lipinski definition) is 0. The zero-order valence-corrected chi connectivity index (χ0v) is 12.3. The van der Waals surface area contributed by atoms with Gasteiger partial charge in [-0.3, -0.25) is 0 Å². The van der Waals surface area contributed by atoms with Gasteiger partial charge in [-0.15, -0.1) is 0 Å². The lowest BCUT2D eigenvalue weighted by Crippen LogP contribution is -2.08. The molecule has 0 fully saturated rings. The molecule has 19 heavy (non-hydrogen) atoms. The topological polar surface area (TPSA) is 61.4 Å². The zero-order chi connectivity index (χ0) is 14.0. The molecule has 104 valence electrons. The highest BCUT2D eigenvalue weighted by Gasteiger charge is 2.11. The SMILES string of the molecule is Cc1ncn(C(C)CCc2nc(C)n(C(C)C)n2)n1. The lowest BCUT2D eigenvalue weighted by atomic mass is 10.2. The summed E-state index contributed by atoms with van der Waals surface area (Å²) in [6.45, 7) is 10.3. The quantitative estimate of drug-likeness (QED) is 0.829. The van der Waals surface area contributed by atoms with Gasteiger partial charge in [-0.25, -0.2) is 19.3 Å². The van der Waals surface area contributed by atoms with E-state index in [-0.39, 0.29) is 0 Å². The van der Waals surface area contributed by atoms with Gasteiger partial charge >= 0.3 is 0 Å². The molecule has 0 radical (unpaired) electrons. The molecule has 0 saturated carbocycles. The van der Waals surface area contributed by atoms with Crippen molar-refractivity contribution in [3.05, 3.63) is 23.8 Å². The van der Waals surface area contributed by atoms with E-state index in [1.807, 2.05) is 23.2 Å². The fourth-order valence-corrected chi connectivity index (χ4v) is 2.10. The second-order valence-electron chi connectivity index (χ2n) is 5.27. The molecule has 0 amide bonds. The summed E-state index contributed by atoms with van der Waals surface area (Å²) in [6, 6.07) is 0.671. The summed E-state index contributed by atoms with van der Waals surface area (Å²) in [4.78, 5) is 8.66. The van der Waals surface area contributed by atoms with E-state index in [0.717, 1.165) is 30.3 Å². The van der Waals surface area contributed by atoms with Crippen molar-refractivity contribution in [2.75, 3.05) is 0 Å². The highest BCUT2D eigenvalue weighted by Crippen LogP contribution is 2.13. The van der Waals surface area contributed by atoms with Gasteiger partial charge in [0.1, 0.15) is 18.0 Å². The molecular formula is C13H22N6. The van der Waals surface area contributed by atoms with E-state index >= 15 is 0 Å². The lowest BCUT2D eigenvalue weighted by Gasteiger charge is -2.09. The molecule has 0 aromatic carbocycles. The highest BCUT2D eigenvalue weighted by molar-refractivity contribution is 4.92. The molecule has 0 aliphatic rings. The van der Waals surface area contributed by atoms with Crippen molar-refractivity contribution < 1.29 is 0 Å². The van der Waals surface area contributed by atoms with Crippen molar-refractivity contribution in [3.8, 4) is 0 Å². The Morgan fingerprint density at radius 1 is 1.16 bits per heavy atom. The Morgan fingerprint density at radius 3 is 2.42 bits per heavy atom. The van der Waals surface area contributed by atoms with E-state index in [1.54, 1.807) is 6.33 Å². The molecule has 6 heteroatoms. The minimum atomic E-state index is 0.313. The second kappa shape index (κ2) is 5.50. The van der Waals surface area contributed by atoms with Crippen LogP contribution in [-0.2, 0) is 6.42 Å². The van der Waals surface area contributed by atoms with E-state index < -0.39 is 0 Å². The predicted molar refractivity (Wildman–Crippen MR) is 72.9 cm³/mol. The van der Waals surface area contributed by atoms with Crippen LogP contribution in [0.1, 0.15) is 56.7 Å². The highest BCUT2D eigenvalue weighted by atomic mass is 15.4. The predicted octanol–water partition coefficient (Wildman–Crippen LogP) is 2.26. The molecule has 2 heterocycles. The third kappa shape index (κ3) is 3.19. The van der Waals surface area contributed by atoms with Crippen LogP contribution in [0.25, 0.3) is 0 Å². The first-order valence-electron chi connectivity index (χ1n) is 6.77. The van der Waals surface area contributed by atoms with Crippen LogP contribution in [0.2, 0.25) is 0 Å².